The smallest absolute Gasteiger partial charge is 0.322 e. The molecular formula is C20H35NO3. The van der Waals surface area contributed by atoms with Gasteiger partial charge in [0.1, 0.15) is 6.54 Å². The Kier molecular flexibility index (Phi) is 16.6. The van der Waals surface area contributed by atoms with Crippen molar-refractivity contribution in [2.75, 3.05) is 6.54 Å². The molecule has 0 aliphatic heterocycles. The number of carboxylic acid groups (broad SMARTS) is 1. The number of amides is 1. The second kappa shape index (κ2) is 17.8. The van der Waals surface area contributed by atoms with Crippen LogP contribution in [0.15, 0.2) is 24.3 Å². The molecule has 0 radical (unpaired) electrons. The number of unbranched alkanes of at least 4 members (excludes halogenated alkanes) is 8. The van der Waals surface area contributed by atoms with E-state index < -0.39 is 5.97 Å². The van der Waals surface area contributed by atoms with Gasteiger partial charge in [0.15, 0.2) is 0 Å². The second-order valence-electron chi connectivity index (χ2n) is 6.15. The highest BCUT2D eigenvalue weighted by Gasteiger charge is 2.02. The average molecular weight is 338 g/mol. The Bertz CT molecular complexity index is 375. The van der Waals surface area contributed by atoms with Crippen molar-refractivity contribution < 1.29 is 14.7 Å². The lowest BCUT2D eigenvalue weighted by atomic mass is 10.1. The molecule has 0 fully saturated rings. The molecule has 2 N–H and O–H groups in total. The standard InChI is InChI=1S/C20H35NO3/c1-2-3-4-5-6-7-8-9-10-11-12-13-14-15-16-17-19(22)21-18-20(23)24/h6-7,9-10H,2-5,8,11-18H2,1H3,(H,21,22)(H,23,24)/b7-6+,10-9-. The van der Waals surface area contributed by atoms with E-state index in [0.29, 0.717) is 6.42 Å². The fraction of sp³-hybridized carbons (Fsp3) is 0.700. The van der Waals surface area contributed by atoms with Crippen molar-refractivity contribution in [1.29, 1.82) is 0 Å². The Morgan fingerprint density at radius 3 is 2.04 bits per heavy atom. The number of nitrogens with one attached hydrogen (secondary N) is 1. The third kappa shape index (κ3) is 18.5. The molecule has 0 rings (SSSR count). The summed E-state index contributed by atoms with van der Waals surface area (Å²) >= 11 is 0. The van der Waals surface area contributed by atoms with Crippen molar-refractivity contribution in [3.8, 4) is 0 Å². The first kappa shape index (κ1) is 22.4. The molecule has 0 heterocycles. The Labute approximate surface area is 147 Å². The largest absolute Gasteiger partial charge is 0.480 e. The highest BCUT2D eigenvalue weighted by molar-refractivity contribution is 5.80. The van der Waals surface area contributed by atoms with Crippen molar-refractivity contribution in [2.24, 2.45) is 0 Å². The summed E-state index contributed by atoms with van der Waals surface area (Å²) in [5.74, 6) is -1.16. The molecule has 138 valence electrons. The van der Waals surface area contributed by atoms with E-state index in [0.717, 1.165) is 32.1 Å². The maximum absolute atomic E-state index is 11.3. The van der Waals surface area contributed by atoms with Gasteiger partial charge < -0.3 is 10.4 Å². The number of aliphatic carboxylic acids is 1. The third-order valence-electron chi connectivity index (χ3n) is 3.79. The summed E-state index contributed by atoms with van der Waals surface area (Å²) in [7, 11) is 0. The summed E-state index contributed by atoms with van der Waals surface area (Å²) in [6, 6.07) is 0. The summed E-state index contributed by atoms with van der Waals surface area (Å²) in [4.78, 5) is 21.6. The zero-order chi connectivity index (χ0) is 17.9. The zero-order valence-electron chi connectivity index (χ0n) is 15.3. The molecule has 0 aromatic rings. The van der Waals surface area contributed by atoms with Crippen molar-refractivity contribution in [2.45, 2.75) is 84.0 Å². The number of allylic oxidation sites excluding steroid dienone is 4. The molecule has 0 spiro atoms. The van der Waals surface area contributed by atoms with Gasteiger partial charge in [-0.05, 0) is 38.5 Å². The normalized spacial score (nSPS) is 11.4. The molecule has 24 heavy (non-hydrogen) atoms. The number of carbonyl (C=O) groups is 2. The van der Waals surface area contributed by atoms with Gasteiger partial charge in [0.05, 0.1) is 0 Å². The van der Waals surface area contributed by atoms with Crippen LogP contribution in [0.1, 0.15) is 84.0 Å². The van der Waals surface area contributed by atoms with Crippen LogP contribution in [0.4, 0.5) is 0 Å². The topological polar surface area (TPSA) is 66.4 Å². The van der Waals surface area contributed by atoms with Crippen LogP contribution < -0.4 is 5.32 Å². The maximum Gasteiger partial charge on any atom is 0.322 e. The summed E-state index contributed by atoms with van der Waals surface area (Å²) < 4.78 is 0. The number of rotatable bonds is 16. The number of carbonyl (C=O) groups excluding carboxylic acids is 1. The SMILES string of the molecule is CCCCC/C=C/C/C=C\CCCCCCCC(=O)NCC(=O)O. The highest BCUT2D eigenvalue weighted by Crippen LogP contribution is 2.08. The summed E-state index contributed by atoms with van der Waals surface area (Å²) in [6.45, 7) is 1.95. The van der Waals surface area contributed by atoms with E-state index in [4.69, 9.17) is 5.11 Å². The Balaban J connectivity index is 3.28. The van der Waals surface area contributed by atoms with Gasteiger partial charge in [0.2, 0.25) is 5.91 Å². The zero-order valence-corrected chi connectivity index (χ0v) is 15.3. The van der Waals surface area contributed by atoms with E-state index >= 15 is 0 Å². The highest BCUT2D eigenvalue weighted by atomic mass is 16.4. The van der Waals surface area contributed by atoms with Crippen molar-refractivity contribution >= 4 is 11.9 Å². The minimum Gasteiger partial charge on any atom is -0.480 e. The van der Waals surface area contributed by atoms with Crippen LogP contribution in [0, 0.1) is 0 Å². The average Bonchev–Trinajstić information content (AvgIpc) is 2.56. The predicted octanol–water partition coefficient (Wildman–Crippen LogP) is 5.00. The van der Waals surface area contributed by atoms with Crippen LogP contribution in [0.5, 0.6) is 0 Å². The van der Waals surface area contributed by atoms with Crippen molar-refractivity contribution in [1.82, 2.24) is 5.32 Å². The minimum absolute atomic E-state index is 0.164. The number of hydrogen-bond acceptors (Lipinski definition) is 2. The van der Waals surface area contributed by atoms with Crippen molar-refractivity contribution in [3.05, 3.63) is 24.3 Å². The Morgan fingerprint density at radius 2 is 1.42 bits per heavy atom. The van der Waals surface area contributed by atoms with Gasteiger partial charge in [-0.15, -0.1) is 0 Å². The van der Waals surface area contributed by atoms with Gasteiger partial charge in [-0.3, -0.25) is 9.59 Å². The molecule has 0 unspecified atom stereocenters. The first-order valence-electron chi connectivity index (χ1n) is 9.45. The van der Waals surface area contributed by atoms with Gasteiger partial charge in [-0.1, -0.05) is 63.3 Å². The van der Waals surface area contributed by atoms with Crippen LogP contribution in [-0.4, -0.2) is 23.5 Å². The summed E-state index contributed by atoms with van der Waals surface area (Å²) in [5, 5.41) is 10.8. The van der Waals surface area contributed by atoms with E-state index in [1.54, 1.807) is 0 Å². The van der Waals surface area contributed by atoms with Gasteiger partial charge in [0, 0.05) is 6.42 Å². The lowest BCUT2D eigenvalue weighted by molar-refractivity contribution is -0.137. The van der Waals surface area contributed by atoms with Crippen LogP contribution in [0.2, 0.25) is 0 Å². The van der Waals surface area contributed by atoms with E-state index in [1.165, 1.54) is 38.5 Å². The molecule has 0 aromatic heterocycles. The quantitative estimate of drug-likeness (QED) is 0.308. The van der Waals surface area contributed by atoms with Crippen LogP contribution >= 0.6 is 0 Å². The van der Waals surface area contributed by atoms with Crippen molar-refractivity contribution in [3.63, 3.8) is 0 Å². The first-order chi connectivity index (χ1) is 11.7. The van der Waals surface area contributed by atoms with E-state index in [-0.39, 0.29) is 12.5 Å². The molecule has 0 aromatic carbocycles. The first-order valence-corrected chi connectivity index (χ1v) is 9.45. The van der Waals surface area contributed by atoms with E-state index in [2.05, 4.69) is 36.5 Å². The predicted molar refractivity (Wildman–Crippen MR) is 100 cm³/mol. The monoisotopic (exact) mass is 337 g/mol. The van der Waals surface area contributed by atoms with Gasteiger partial charge >= 0.3 is 5.97 Å². The number of carboxylic acids is 1. The molecule has 0 bridgehead atoms. The minimum atomic E-state index is -0.997. The fourth-order valence-corrected chi connectivity index (χ4v) is 2.36. The maximum atomic E-state index is 11.3. The summed E-state index contributed by atoms with van der Waals surface area (Å²) in [6.07, 6.45) is 22.1. The summed E-state index contributed by atoms with van der Waals surface area (Å²) in [5.41, 5.74) is 0. The van der Waals surface area contributed by atoms with Gasteiger partial charge in [-0.2, -0.15) is 0 Å². The molecule has 4 heteroatoms. The van der Waals surface area contributed by atoms with Crippen LogP contribution in [0.25, 0.3) is 0 Å². The Morgan fingerprint density at radius 1 is 0.833 bits per heavy atom. The second-order valence-corrected chi connectivity index (χ2v) is 6.15. The molecule has 0 aliphatic carbocycles. The molecule has 0 aliphatic rings. The lowest BCUT2D eigenvalue weighted by Crippen LogP contribution is -2.28. The van der Waals surface area contributed by atoms with Gasteiger partial charge in [-0.25, -0.2) is 0 Å². The third-order valence-corrected chi connectivity index (χ3v) is 3.79. The molecule has 0 saturated heterocycles. The lowest BCUT2D eigenvalue weighted by Gasteiger charge is -2.02. The fourth-order valence-electron chi connectivity index (χ4n) is 2.36. The van der Waals surface area contributed by atoms with Crippen LogP contribution in [-0.2, 0) is 9.59 Å². The van der Waals surface area contributed by atoms with E-state index in [1.807, 2.05) is 0 Å². The Hall–Kier alpha value is -1.58. The van der Waals surface area contributed by atoms with Crippen LogP contribution in [0.3, 0.4) is 0 Å². The molecular weight excluding hydrogens is 302 g/mol. The number of hydrogen-bond donors (Lipinski definition) is 2. The molecule has 0 saturated carbocycles. The molecule has 0 atom stereocenters. The van der Waals surface area contributed by atoms with Gasteiger partial charge in [0.25, 0.3) is 0 Å². The van der Waals surface area contributed by atoms with E-state index in [9.17, 15) is 9.59 Å². The molecule has 1 amide bonds. The molecule has 4 nitrogen and oxygen atoms in total.